The zero-order valence-corrected chi connectivity index (χ0v) is 15.7. The van der Waals surface area contributed by atoms with Crippen molar-refractivity contribution in [1.82, 2.24) is 0 Å². The van der Waals surface area contributed by atoms with Gasteiger partial charge in [-0.3, -0.25) is 12.2 Å². The van der Waals surface area contributed by atoms with Crippen molar-refractivity contribution >= 4 is 18.5 Å². The average Bonchev–Trinajstić information content (AvgIpc) is 2.78. The summed E-state index contributed by atoms with van der Waals surface area (Å²) in [6, 6.07) is 0. The second kappa shape index (κ2) is 8.10. The van der Waals surface area contributed by atoms with Crippen LogP contribution in [0.4, 0.5) is 0 Å². The molecular weight excluding hydrogens is 445 g/mol. The van der Waals surface area contributed by atoms with Crippen molar-refractivity contribution in [2.75, 3.05) is 0 Å². The van der Waals surface area contributed by atoms with E-state index in [1.165, 1.54) is 10.4 Å². The van der Waals surface area contributed by atoms with E-state index >= 15 is 0 Å². The van der Waals surface area contributed by atoms with Crippen LogP contribution in [-0.2, 0) is 25.8 Å². The van der Waals surface area contributed by atoms with Crippen molar-refractivity contribution in [2.24, 2.45) is 0 Å². The Hall–Kier alpha value is 0.917. The van der Waals surface area contributed by atoms with Crippen LogP contribution in [0.15, 0.2) is 34.7 Å². The molecule has 0 atom stereocenters. The van der Waals surface area contributed by atoms with Crippen LogP contribution in [0, 0.1) is 12.2 Å². The van der Waals surface area contributed by atoms with Crippen molar-refractivity contribution in [3.8, 4) is 0 Å². The molecule has 0 aliphatic heterocycles. The van der Waals surface area contributed by atoms with Crippen molar-refractivity contribution in [3.63, 3.8) is 0 Å². The number of allylic oxidation sites excluding steroid dienone is 8. The van der Waals surface area contributed by atoms with E-state index in [0.29, 0.717) is 0 Å². The van der Waals surface area contributed by atoms with E-state index in [0.717, 1.165) is 12.8 Å². The largest absolute Gasteiger partial charge is 4.00 e. The van der Waals surface area contributed by atoms with E-state index in [4.69, 9.17) is 11.1 Å². The average molecular weight is 456 g/mol. The molecule has 0 heterocycles. The molecule has 0 bridgehead atoms. The minimum atomic E-state index is -1.93. The minimum absolute atomic E-state index is 0. The van der Waals surface area contributed by atoms with E-state index in [-0.39, 0.29) is 50.7 Å². The molecule has 0 aromatic heterocycles. The minimum Gasteiger partial charge on any atom is -1.00 e. The molecule has 0 nitrogen and oxygen atoms in total. The first kappa shape index (κ1) is 19.3. The van der Waals surface area contributed by atoms with Crippen molar-refractivity contribution in [1.29, 1.82) is 0 Å². The van der Waals surface area contributed by atoms with Gasteiger partial charge in [-0.2, -0.15) is 23.2 Å². The predicted octanol–water partition coefficient (Wildman–Crippen LogP) is -2.74. The van der Waals surface area contributed by atoms with Crippen molar-refractivity contribution in [2.45, 2.75) is 19.4 Å². The Morgan fingerprint density at radius 2 is 1.44 bits per heavy atom. The third kappa shape index (κ3) is 3.99. The molecule has 5 heteroatoms. The zero-order valence-electron chi connectivity index (χ0n) is 8.86. The molecule has 2 aliphatic carbocycles. The molecular formula is C11H11Cl3HfSi. The quantitative estimate of drug-likeness (QED) is 0.241. The van der Waals surface area contributed by atoms with Crippen molar-refractivity contribution in [3.05, 3.63) is 46.8 Å². The van der Waals surface area contributed by atoms with Gasteiger partial charge in [0.05, 0.1) is 0 Å². The fourth-order valence-corrected chi connectivity index (χ4v) is 4.40. The molecule has 0 unspecified atom stereocenters. The van der Waals surface area contributed by atoms with Gasteiger partial charge in [-0.25, -0.2) is 22.5 Å². The van der Waals surface area contributed by atoms with Crippen LogP contribution in [0.25, 0.3) is 0 Å². The summed E-state index contributed by atoms with van der Waals surface area (Å²) in [7, 11) is -1.93. The van der Waals surface area contributed by atoms with E-state index in [1.807, 2.05) is 0 Å². The standard InChI is InChI=1S/C11H11ClSi.2ClH.Hf/c1-13(12,10-6-2-3-7-10)11-8-4-5-9-11;;;/h2,4,6,8H,3,5H2,1H3;2*1H;/q-2;;;+4/p-2. The Kier molecular flexibility index (Phi) is 9.75. The van der Waals surface area contributed by atoms with Gasteiger partial charge >= 0.3 is 25.8 Å². The van der Waals surface area contributed by atoms with E-state index in [2.05, 4.69) is 43.0 Å². The van der Waals surface area contributed by atoms with E-state index in [1.54, 1.807) is 0 Å². The van der Waals surface area contributed by atoms with Crippen LogP contribution in [0.1, 0.15) is 12.8 Å². The van der Waals surface area contributed by atoms with E-state index in [9.17, 15) is 0 Å². The van der Waals surface area contributed by atoms with Crippen molar-refractivity contribution < 1.29 is 50.7 Å². The molecule has 2 aliphatic rings. The first-order valence-corrected chi connectivity index (χ1v) is 7.97. The summed E-state index contributed by atoms with van der Waals surface area (Å²) in [5.41, 5.74) is 0. The number of rotatable bonds is 2. The summed E-state index contributed by atoms with van der Waals surface area (Å²) in [6.45, 7) is 2.14. The van der Waals surface area contributed by atoms with Gasteiger partial charge in [0.1, 0.15) is 7.38 Å². The van der Waals surface area contributed by atoms with Crippen LogP contribution in [0.3, 0.4) is 0 Å². The summed E-state index contributed by atoms with van der Waals surface area (Å²) < 4.78 is 0. The van der Waals surface area contributed by atoms with Gasteiger partial charge in [0.15, 0.2) is 0 Å². The Bertz CT molecular complexity index is 311. The maximum atomic E-state index is 6.59. The molecule has 2 rings (SSSR count). The Morgan fingerprint density at radius 1 is 1.06 bits per heavy atom. The second-order valence-corrected chi connectivity index (χ2v) is 8.75. The molecule has 0 saturated heterocycles. The fraction of sp³-hybridized carbons (Fsp3) is 0.273. The Morgan fingerprint density at radius 3 is 1.69 bits per heavy atom. The normalized spacial score (nSPS) is 16.9. The molecule has 0 spiro atoms. The van der Waals surface area contributed by atoms with Gasteiger partial charge in [0, 0.05) is 0 Å². The van der Waals surface area contributed by atoms with Crippen LogP contribution in [0.2, 0.25) is 6.55 Å². The molecule has 0 radical (unpaired) electrons. The number of hydrogen-bond acceptors (Lipinski definition) is 0. The number of hydrogen-bond donors (Lipinski definition) is 0. The monoisotopic (exact) mass is 456 g/mol. The number of halogens is 3. The topological polar surface area (TPSA) is 0 Å². The summed E-state index contributed by atoms with van der Waals surface area (Å²) >= 11 is 6.59. The molecule has 84 valence electrons. The molecule has 0 aromatic carbocycles. The molecule has 16 heavy (non-hydrogen) atoms. The third-order valence-electron chi connectivity index (χ3n) is 2.40. The smallest absolute Gasteiger partial charge is 1.00 e. The molecule has 0 saturated carbocycles. The Labute approximate surface area is 134 Å². The van der Waals surface area contributed by atoms with Gasteiger partial charge < -0.3 is 24.8 Å². The maximum Gasteiger partial charge on any atom is 4.00 e. The van der Waals surface area contributed by atoms with Gasteiger partial charge in [-0.15, -0.1) is 12.8 Å². The molecule has 0 aromatic rings. The predicted molar refractivity (Wildman–Crippen MR) is 58.5 cm³/mol. The zero-order chi connectivity index (χ0) is 9.31. The summed E-state index contributed by atoms with van der Waals surface area (Å²) in [4.78, 5) is 0. The van der Waals surface area contributed by atoms with Gasteiger partial charge in [0.25, 0.3) is 0 Å². The molecule has 0 fully saturated rings. The third-order valence-corrected chi connectivity index (χ3v) is 6.33. The second-order valence-electron chi connectivity index (χ2n) is 3.40. The van der Waals surface area contributed by atoms with Crippen LogP contribution < -0.4 is 24.8 Å². The summed E-state index contributed by atoms with van der Waals surface area (Å²) in [5.74, 6) is 0. The van der Waals surface area contributed by atoms with Crippen LogP contribution in [0.5, 0.6) is 0 Å². The molecule has 0 N–H and O–H groups in total. The fourth-order valence-electron chi connectivity index (χ4n) is 1.60. The summed E-state index contributed by atoms with van der Waals surface area (Å²) in [5, 5.41) is 2.42. The molecule has 0 amide bonds. The first-order valence-electron chi connectivity index (χ1n) is 4.46. The Balaban J connectivity index is 0. The maximum absolute atomic E-state index is 6.59. The van der Waals surface area contributed by atoms with Crippen LogP contribution in [-0.4, -0.2) is 7.38 Å². The van der Waals surface area contributed by atoms with E-state index < -0.39 is 7.38 Å². The van der Waals surface area contributed by atoms with Gasteiger partial charge in [0.2, 0.25) is 0 Å². The van der Waals surface area contributed by atoms with Crippen LogP contribution >= 0.6 is 11.1 Å². The SMILES string of the molecule is C[Si](Cl)(C1=[C-]CC=C1)C1=[C-]CC=C1.[Cl-].[Cl-].[Hf+4]. The van der Waals surface area contributed by atoms with Gasteiger partial charge in [-0.1, -0.05) is 6.55 Å². The first-order chi connectivity index (χ1) is 6.21. The summed E-state index contributed by atoms with van der Waals surface area (Å²) in [6.07, 6.45) is 16.9. The van der Waals surface area contributed by atoms with Gasteiger partial charge in [-0.05, 0) is 0 Å².